The Morgan fingerprint density at radius 2 is 2.14 bits per heavy atom. The van der Waals surface area contributed by atoms with Crippen LogP contribution in [0.5, 0.6) is 0 Å². The van der Waals surface area contributed by atoms with Crippen LogP contribution in [0.2, 0.25) is 0 Å². The average Bonchev–Trinajstić information content (AvgIpc) is 2.76. The van der Waals surface area contributed by atoms with Crippen LogP contribution >= 0.6 is 11.3 Å². The second-order valence-electron chi connectivity index (χ2n) is 4.72. The van der Waals surface area contributed by atoms with Crippen molar-refractivity contribution in [1.29, 1.82) is 0 Å². The smallest absolute Gasteiger partial charge is 0.325 e. The molecule has 0 radical (unpaired) electrons. The van der Waals surface area contributed by atoms with Crippen LogP contribution < -0.4 is 10.9 Å². The number of nitrogens with one attached hydrogen (secondary N) is 1. The summed E-state index contributed by atoms with van der Waals surface area (Å²) < 4.78 is 5.95. The summed E-state index contributed by atoms with van der Waals surface area (Å²) in [5.74, 6) is -0.956. The first-order chi connectivity index (χ1) is 10.4. The van der Waals surface area contributed by atoms with Gasteiger partial charge in [0, 0.05) is 4.88 Å². The van der Waals surface area contributed by atoms with Crippen molar-refractivity contribution in [3.63, 3.8) is 0 Å². The minimum absolute atomic E-state index is 0.185. The number of hydrogen-bond donors (Lipinski definition) is 1. The predicted octanol–water partition coefficient (Wildman–Crippen LogP) is 0.754. The Hall–Kier alpha value is -2.22. The van der Waals surface area contributed by atoms with Crippen molar-refractivity contribution in [3.05, 3.63) is 27.1 Å². The summed E-state index contributed by atoms with van der Waals surface area (Å²) in [5, 5.41) is 2.96. The van der Waals surface area contributed by atoms with E-state index in [1.807, 2.05) is 13.8 Å². The number of carbonyl (C=O) groups excluding carboxylic acids is 2. The number of ether oxygens (including phenoxy) is 1. The van der Waals surface area contributed by atoms with Gasteiger partial charge in [0.15, 0.2) is 0 Å². The van der Waals surface area contributed by atoms with Gasteiger partial charge in [0.25, 0.3) is 5.56 Å². The largest absolute Gasteiger partial charge is 0.465 e. The maximum atomic E-state index is 12.4. The minimum atomic E-state index is -0.513. The quantitative estimate of drug-likeness (QED) is 0.820. The third-order valence-electron chi connectivity index (χ3n) is 3.20. The molecule has 2 aromatic heterocycles. The lowest BCUT2D eigenvalue weighted by atomic mass is 10.2. The van der Waals surface area contributed by atoms with Crippen LogP contribution in [0.25, 0.3) is 10.2 Å². The molecule has 8 heteroatoms. The number of amides is 1. The van der Waals surface area contributed by atoms with Gasteiger partial charge in [0.05, 0.1) is 18.3 Å². The number of fused-ring (bicyclic) bond motifs is 1. The van der Waals surface area contributed by atoms with Gasteiger partial charge in [-0.3, -0.25) is 19.0 Å². The first-order valence-corrected chi connectivity index (χ1v) is 7.63. The molecule has 1 amide bonds. The summed E-state index contributed by atoms with van der Waals surface area (Å²) in [5.41, 5.74) is 0.636. The Labute approximate surface area is 130 Å². The van der Waals surface area contributed by atoms with Gasteiger partial charge >= 0.3 is 5.97 Å². The Bertz CT molecular complexity index is 778. The highest BCUT2D eigenvalue weighted by Gasteiger charge is 2.14. The molecule has 22 heavy (non-hydrogen) atoms. The molecule has 118 valence electrons. The zero-order valence-corrected chi connectivity index (χ0v) is 13.5. The maximum Gasteiger partial charge on any atom is 0.325 e. The first kappa shape index (κ1) is 16.2. The number of esters is 1. The van der Waals surface area contributed by atoms with Crippen molar-refractivity contribution in [2.75, 3.05) is 13.2 Å². The zero-order valence-electron chi connectivity index (χ0n) is 12.6. The van der Waals surface area contributed by atoms with Gasteiger partial charge < -0.3 is 10.1 Å². The summed E-state index contributed by atoms with van der Waals surface area (Å²) in [7, 11) is 0. The molecule has 7 nitrogen and oxygen atoms in total. The fourth-order valence-electron chi connectivity index (χ4n) is 1.98. The molecule has 0 fully saturated rings. The van der Waals surface area contributed by atoms with E-state index in [4.69, 9.17) is 4.74 Å². The van der Waals surface area contributed by atoms with Crippen molar-refractivity contribution in [1.82, 2.24) is 14.9 Å². The SMILES string of the molecule is CCOC(=O)CNC(=O)Cn1cnc2sc(C)c(C)c2c1=O. The van der Waals surface area contributed by atoms with E-state index < -0.39 is 11.9 Å². The van der Waals surface area contributed by atoms with E-state index in [0.29, 0.717) is 10.2 Å². The molecule has 2 heterocycles. The molecular weight excluding hydrogens is 306 g/mol. The first-order valence-electron chi connectivity index (χ1n) is 6.81. The minimum Gasteiger partial charge on any atom is -0.465 e. The standard InChI is InChI=1S/C14H17N3O4S/c1-4-21-11(19)5-15-10(18)6-17-7-16-13-12(14(17)20)8(2)9(3)22-13/h7H,4-6H2,1-3H3,(H,15,18). The molecule has 0 aliphatic rings. The van der Waals surface area contributed by atoms with E-state index >= 15 is 0 Å². The van der Waals surface area contributed by atoms with Gasteiger partial charge in [0.1, 0.15) is 17.9 Å². The second kappa shape index (κ2) is 6.69. The van der Waals surface area contributed by atoms with Gasteiger partial charge in [-0.25, -0.2) is 4.98 Å². The Morgan fingerprint density at radius 3 is 2.82 bits per heavy atom. The Kier molecular flexibility index (Phi) is 4.92. The van der Waals surface area contributed by atoms with E-state index in [2.05, 4.69) is 10.3 Å². The van der Waals surface area contributed by atoms with Crippen molar-refractivity contribution in [3.8, 4) is 0 Å². The summed E-state index contributed by atoms with van der Waals surface area (Å²) in [6.45, 7) is 5.33. The summed E-state index contributed by atoms with van der Waals surface area (Å²) in [6.07, 6.45) is 1.35. The van der Waals surface area contributed by atoms with Gasteiger partial charge in [-0.15, -0.1) is 11.3 Å². The van der Waals surface area contributed by atoms with Crippen LogP contribution in [0, 0.1) is 13.8 Å². The molecule has 0 aliphatic carbocycles. The molecule has 0 saturated heterocycles. The van der Waals surface area contributed by atoms with Crippen molar-refractivity contribution >= 4 is 33.4 Å². The number of rotatable bonds is 5. The number of carbonyl (C=O) groups is 2. The number of aromatic nitrogens is 2. The molecule has 0 atom stereocenters. The van der Waals surface area contributed by atoms with Crippen LogP contribution in [0.1, 0.15) is 17.4 Å². The fraction of sp³-hybridized carbons (Fsp3) is 0.429. The lowest BCUT2D eigenvalue weighted by molar-refractivity contribution is -0.143. The van der Waals surface area contributed by atoms with Crippen LogP contribution in [-0.4, -0.2) is 34.6 Å². The molecule has 0 saturated carbocycles. The van der Waals surface area contributed by atoms with Gasteiger partial charge in [-0.2, -0.15) is 0 Å². The Morgan fingerprint density at radius 1 is 1.41 bits per heavy atom. The van der Waals surface area contributed by atoms with E-state index in [1.165, 1.54) is 22.2 Å². The van der Waals surface area contributed by atoms with Gasteiger partial charge in [-0.05, 0) is 26.3 Å². The average molecular weight is 323 g/mol. The lowest BCUT2D eigenvalue weighted by Crippen LogP contribution is -2.35. The normalized spacial score (nSPS) is 10.7. The maximum absolute atomic E-state index is 12.4. The van der Waals surface area contributed by atoms with E-state index in [9.17, 15) is 14.4 Å². The van der Waals surface area contributed by atoms with Crippen LogP contribution in [0.3, 0.4) is 0 Å². The molecule has 0 unspecified atom stereocenters. The fourth-order valence-corrected chi connectivity index (χ4v) is 2.96. The van der Waals surface area contributed by atoms with Crippen molar-refractivity contribution in [2.24, 2.45) is 0 Å². The molecule has 0 aliphatic heterocycles. The molecular formula is C14H17N3O4S. The lowest BCUT2D eigenvalue weighted by Gasteiger charge is -2.07. The predicted molar refractivity (Wildman–Crippen MR) is 83.0 cm³/mol. The highest BCUT2D eigenvalue weighted by molar-refractivity contribution is 7.18. The molecule has 1 N–H and O–H groups in total. The number of hydrogen-bond acceptors (Lipinski definition) is 6. The zero-order chi connectivity index (χ0) is 16.3. The molecule has 0 aromatic carbocycles. The third-order valence-corrected chi connectivity index (χ3v) is 4.32. The van der Waals surface area contributed by atoms with Crippen LogP contribution in [-0.2, 0) is 20.9 Å². The van der Waals surface area contributed by atoms with E-state index in [1.54, 1.807) is 6.92 Å². The van der Waals surface area contributed by atoms with E-state index in [-0.39, 0.29) is 25.3 Å². The van der Waals surface area contributed by atoms with Gasteiger partial charge in [0.2, 0.25) is 5.91 Å². The monoisotopic (exact) mass is 323 g/mol. The molecule has 2 rings (SSSR count). The molecule has 0 bridgehead atoms. The van der Waals surface area contributed by atoms with Gasteiger partial charge in [-0.1, -0.05) is 0 Å². The number of thiophene rings is 1. The van der Waals surface area contributed by atoms with Crippen molar-refractivity contribution in [2.45, 2.75) is 27.3 Å². The number of aryl methyl sites for hydroxylation is 2. The highest BCUT2D eigenvalue weighted by Crippen LogP contribution is 2.25. The Balaban J connectivity index is 2.13. The molecule has 0 spiro atoms. The van der Waals surface area contributed by atoms with Crippen molar-refractivity contribution < 1.29 is 14.3 Å². The van der Waals surface area contributed by atoms with Crippen LogP contribution in [0.15, 0.2) is 11.1 Å². The summed E-state index contributed by atoms with van der Waals surface area (Å²) >= 11 is 1.45. The second-order valence-corrected chi connectivity index (χ2v) is 5.93. The molecule has 2 aromatic rings. The summed E-state index contributed by atoms with van der Waals surface area (Å²) in [4.78, 5) is 41.3. The third kappa shape index (κ3) is 3.33. The number of nitrogens with zero attached hydrogens (tertiary/aromatic N) is 2. The van der Waals surface area contributed by atoms with Crippen LogP contribution in [0.4, 0.5) is 0 Å². The highest BCUT2D eigenvalue weighted by atomic mass is 32.1. The summed E-state index contributed by atoms with van der Waals surface area (Å²) in [6, 6.07) is 0. The topological polar surface area (TPSA) is 90.3 Å². The van der Waals surface area contributed by atoms with E-state index in [0.717, 1.165) is 10.4 Å².